The van der Waals surface area contributed by atoms with Gasteiger partial charge >= 0.3 is 0 Å². The van der Waals surface area contributed by atoms with Gasteiger partial charge in [0.2, 0.25) is 0 Å². The fourth-order valence-corrected chi connectivity index (χ4v) is 13.6. The second-order valence-corrected chi connectivity index (χ2v) is 40.6. The first kappa shape index (κ1) is 74.3. The van der Waals surface area contributed by atoms with Gasteiger partial charge in [0.05, 0.1) is 18.6 Å². The Kier molecular flexibility index (Phi) is 26.5. The molecule has 0 spiro atoms. The van der Waals surface area contributed by atoms with Crippen molar-refractivity contribution >= 4 is 131 Å². The number of anilines is 3. The Morgan fingerprint density at radius 3 is 1.34 bits per heavy atom. The number of pyridine rings is 3. The number of aryl methyl sites for hydroxylation is 3. The molecule has 0 aliphatic heterocycles. The third kappa shape index (κ3) is 20.7. The maximum Gasteiger partial charge on any atom is 0.142 e. The summed E-state index contributed by atoms with van der Waals surface area (Å²) in [6.07, 6.45) is 23.7. The molecular formula is C70H91BrClN15O2S3Si2. The predicted octanol–water partition coefficient (Wildman–Crippen LogP) is 17.8. The summed E-state index contributed by atoms with van der Waals surface area (Å²) in [6, 6.07) is 34.0. The van der Waals surface area contributed by atoms with E-state index in [-0.39, 0.29) is 19.8 Å². The highest BCUT2D eigenvalue weighted by molar-refractivity contribution is 9.10. The summed E-state index contributed by atoms with van der Waals surface area (Å²) >= 11 is 11.2. The largest absolute Gasteiger partial charge is 0.378 e. The minimum absolute atomic E-state index is 0. The highest BCUT2D eigenvalue weighted by Gasteiger charge is 2.19. The Balaban J connectivity index is 0.000000186. The molecule has 0 fully saturated rings. The molecule has 9 heterocycles. The average molecular weight is 1440 g/mol. The second kappa shape index (κ2) is 33.5. The van der Waals surface area contributed by atoms with Crippen molar-refractivity contribution in [2.24, 2.45) is 21.1 Å². The van der Waals surface area contributed by atoms with Crippen molar-refractivity contribution < 1.29 is 9.47 Å². The van der Waals surface area contributed by atoms with Crippen molar-refractivity contribution in [1.82, 2.24) is 58.4 Å². The number of nitrogens with zero attached hydrogens (tertiary/aromatic N) is 14. The number of hydrogen-bond acceptors (Lipinski definition) is 14. The quantitative estimate of drug-likeness (QED) is 0.0424. The first-order chi connectivity index (χ1) is 43.8. The molecule has 498 valence electrons. The van der Waals surface area contributed by atoms with Gasteiger partial charge in [-0.25, -0.2) is 15.0 Å². The summed E-state index contributed by atoms with van der Waals surface area (Å²) in [7, 11) is 15.9. The van der Waals surface area contributed by atoms with Crippen LogP contribution in [0, 0.1) is 0 Å². The van der Waals surface area contributed by atoms with Gasteiger partial charge in [0.15, 0.2) is 0 Å². The number of rotatable bonds is 20. The zero-order chi connectivity index (χ0) is 65.9. The molecule has 3 aromatic carbocycles. The van der Waals surface area contributed by atoms with Crippen LogP contribution in [0.4, 0.5) is 17.1 Å². The van der Waals surface area contributed by atoms with Crippen molar-refractivity contribution in [1.29, 1.82) is 0 Å². The van der Waals surface area contributed by atoms with Gasteiger partial charge in [-0.15, -0.1) is 25.0 Å². The van der Waals surface area contributed by atoms with Crippen molar-refractivity contribution in [3.63, 3.8) is 0 Å². The molecule has 0 bridgehead atoms. The maximum atomic E-state index is 6.05. The van der Waals surface area contributed by atoms with E-state index in [1.54, 1.807) is 23.5 Å². The summed E-state index contributed by atoms with van der Waals surface area (Å²) in [5, 5.41) is 16.3. The molecule has 94 heavy (non-hydrogen) atoms. The fraction of sp³-hybridized carbons (Fsp3) is 0.314. The molecule has 0 atom stereocenters. The molecular weight excluding hydrogens is 1350 g/mol. The van der Waals surface area contributed by atoms with Gasteiger partial charge in [-0.3, -0.25) is 14.0 Å². The topological polar surface area (TPSA) is 146 Å². The summed E-state index contributed by atoms with van der Waals surface area (Å²) in [5.74, 6) is 0. The predicted molar refractivity (Wildman–Crippen MR) is 410 cm³/mol. The van der Waals surface area contributed by atoms with Crippen molar-refractivity contribution in [2.45, 2.75) is 96.7 Å². The molecule has 0 unspecified atom stereocenters. The molecule has 12 aromatic rings. The second-order valence-electron chi connectivity index (χ2n) is 25.7. The number of fused-ring (bicyclic) bond motifs is 3. The van der Waals surface area contributed by atoms with Crippen LogP contribution in [0.3, 0.4) is 0 Å². The van der Waals surface area contributed by atoms with E-state index in [1.165, 1.54) is 32.9 Å². The lowest BCUT2D eigenvalue weighted by molar-refractivity contribution is 0.0898. The third-order valence-electron chi connectivity index (χ3n) is 14.9. The summed E-state index contributed by atoms with van der Waals surface area (Å²) in [5.41, 5.74) is 13.0. The van der Waals surface area contributed by atoms with Crippen LogP contribution in [0.5, 0.6) is 0 Å². The lowest BCUT2D eigenvalue weighted by atomic mass is 10.1. The highest BCUT2D eigenvalue weighted by atomic mass is 79.9. The minimum Gasteiger partial charge on any atom is -0.378 e. The van der Waals surface area contributed by atoms with Gasteiger partial charge in [0.25, 0.3) is 0 Å². The van der Waals surface area contributed by atoms with Crippen LogP contribution < -0.4 is 14.7 Å². The lowest BCUT2D eigenvalue weighted by Gasteiger charge is -2.15. The van der Waals surface area contributed by atoms with Gasteiger partial charge in [0, 0.05) is 244 Å². The van der Waals surface area contributed by atoms with Crippen molar-refractivity contribution in [3.05, 3.63) is 170 Å². The Morgan fingerprint density at radius 1 is 0.500 bits per heavy atom. The van der Waals surface area contributed by atoms with Crippen molar-refractivity contribution in [2.75, 3.05) is 70.2 Å². The average Bonchev–Trinajstić information content (AvgIpc) is 1.64. The number of ether oxygens (including phenoxy) is 2. The van der Waals surface area contributed by atoms with E-state index in [9.17, 15) is 0 Å². The lowest BCUT2D eigenvalue weighted by Crippen LogP contribution is -2.22. The fourth-order valence-electron chi connectivity index (χ4n) is 9.75. The van der Waals surface area contributed by atoms with E-state index in [0.29, 0.717) is 13.5 Å². The van der Waals surface area contributed by atoms with Crippen LogP contribution in [0.25, 0.3) is 66.5 Å². The van der Waals surface area contributed by atoms with Crippen LogP contribution in [0.2, 0.25) is 51.4 Å². The number of hydrogen-bond donors (Lipinski definition) is 2. The molecule has 9 aromatic heterocycles. The monoisotopic (exact) mass is 1440 g/mol. The smallest absolute Gasteiger partial charge is 0.142 e. The van der Waals surface area contributed by atoms with Gasteiger partial charge < -0.3 is 38.3 Å². The Bertz CT molecular complexity index is 4390. The Hall–Kier alpha value is -7.07. The first-order valence-electron chi connectivity index (χ1n) is 30.4. The zero-order valence-corrected chi connectivity index (χ0v) is 62.9. The molecule has 0 radical (unpaired) electrons. The maximum absolute atomic E-state index is 6.05. The summed E-state index contributed by atoms with van der Waals surface area (Å²) in [4.78, 5) is 29.2. The van der Waals surface area contributed by atoms with Gasteiger partial charge in [-0.1, -0.05) is 88.4 Å². The van der Waals surface area contributed by atoms with E-state index in [1.807, 2.05) is 129 Å². The van der Waals surface area contributed by atoms with E-state index in [4.69, 9.17) is 14.5 Å². The Morgan fingerprint density at radius 2 is 0.915 bits per heavy atom. The number of aromatic nitrogens is 12. The number of aromatic amines is 1. The van der Waals surface area contributed by atoms with Crippen LogP contribution in [0.1, 0.15) is 7.43 Å². The van der Waals surface area contributed by atoms with Gasteiger partial charge in [-0.2, -0.15) is 15.3 Å². The van der Waals surface area contributed by atoms with Crippen LogP contribution in [0.15, 0.2) is 194 Å². The highest BCUT2D eigenvalue weighted by Crippen LogP contribution is 2.38. The molecule has 24 heteroatoms. The number of H-pyrrole nitrogens is 1. The molecule has 17 nitrogen and oxygen atoms in total. The molecule has 12 rings (SSSR count). The molecule has 0 saturated heterocycles. The summed E-state index contributed by atoms with van der Waals surface area (Å²) in [6.45, 7) is 16.8. The molecule has 1 N–H and O–H groups in total. The van der Waals surface area contributed by atoms with Gasteiger partial charge in [-0.05, 0) is 101 Å². The van der Waals surface area contributed by atoms with Crippen LogP contribution in [-0.4, -0.2) is 130 Å². The van der Waals surface area contributed by atoms with Gasteiger partial charge in [0.1, 0.15) is 30.4 Å². The SMILES string of the molecule is C.CN(C)c1cccc(S)c1.CN(C)c1cccc(Sc2cnc3[nH]cc(-c4cnn(C)c4)c3c2)c1.CN(C)c1cccc(Sc2cnc3c(c2)c(-c2cnn(C)c2)cn3COCC[Si](C)(C)C)c1.Cl.Cn1cc(-c2cn(COCC[Si](C)(C)C)c3ncc(Br)cc23)cn1. The van der Waals surface area contributed by atoms with E-state index in [2.05, 4.69) is 235 Å². The summed E-state index contributed by atoms with van der Waals surface area (Å²) < 4.78 is 22.6. The zero-order valence-electron chi connectivity index (χ0n) is 56.0. The number of nitrogens with one attached hydrogen (secondary N) is 1. The third-order valence-corrected chi connectivity index (χ3v) is 20.9. The number of halogens is 2. The van der Waals surface area contributed by atoms with E-state index in [0.717, 1.165) is 105 Å². The molecule has 0 amide bonds. The Labute approximate surface area is 585 Å². The number of benzene rings is 3. The van der Waals surface area contributed by atoms with Crippen molar-refractivity contribution in [3.8, 4) is 33.4 Å². The normalized spacial score (nSPS) is 11.3. The van der Waals surface area contributed by atoms with E-state index >= 15 is 0 Å². The molecule has 0 saturated carbocycles. The number of thiol groups is 1. The van der Waals surface area contributed by atoms with E-state index < -0.39 is 16.1 Å². The standard InChI is InChI=1S/C25H33N5OSSi.C19H19N5S.C17H23BrN4OSi.C8H11NS.CH4.ClH/c1-28(2)20-8-7-9-21(12-20)32-22-13-23-24(19-14-27-29(3)16-19)17-30(25(23)26-15-22)18-31-10-11-33(4,5)6;1-23(2)14-5-4-6-15(7-14)25-16-8-17-18(11-21-19(17)20-10-16)13-9-22-24(3)12-13;1-21-10-13(8-20-21)16-11-22(12-23-5-6-24(2,3)4)17-15(16)7-14(18)9-19-17;1-9(2)7-4-3-5-8(10)6-7;;/h7-9,12-17H,10-11,18H2,1-6H3;4-12H,1-3H3,(H,20,21);7-11H,5-6,12H2,1-4H3;3-6,10H,1-2H3;1H4;1H. The molecule has 0 aliphatic carbocycles. The minimum atomic E-state index is -1.12. The first-order valence-corrected chi connectivity index (χ1v) is 40.7. The molecule has 0 aliphatic rings. The van der Waals surface area contributed by atoms with Crippen LogP contribution in [-0.2, 0) is 44.1 Å². The van der Waals surface area contributed by atoms with Crippen LogP contribution >= 0.6 is 64.5 Å².